The van der Waals surface area contributed by atoms with Crippen molar-refractivity contribution in [1.82, 2.24) is 5.32 Å². The first kappa shape index (κ1) is 15.7. The maximum absolute atomic E-state index is 13.5. The highest BCUT2D eigenvalue weighted by atomic mass is 35.5. The molecule has 2 aromatic carbocycles. The predicted octanol–water partition coefficient (Wildman–Crippen LogP) is 4.32. The molecule has 0 aromatic heterocycles. The highest BCUT2D eigenvalue weighted by Gasteiger charge is 2.02. The Morgan fingerprint density at radius 1 is 1.24 bits per heavy atom. The maximum Gasteiger partial charge on any atom is 0.170 e. The van der Waals surface area contributed by atoms with Gasteiger partial charge in [0.05, 0.1) is 0 Å². The van der Waals surface area contributed by atoms with Crippen LogP contribution < -0.4 is 10.6 Å². The first-order valence-corrected chi connectivity index (χ1v) is 7.39. The molecule has 0 aliphatic carbocycles. The van der Waals surface area contributed by atoms with E-state index in [2.05, 4.69) is 10.6 Å². The zero-order valence-electron chi connectivity index (χ0n) is 11.6. The third-order valence-corrected chi connectivity index (χ3v) is 3.72. The van der Waals surface area contributed by atoms with Gasteiger partial charge >= 0.3 is 0 Å². The highest BCUT2D eigenvalue weighted by molar-refractivity contribution is 7.80. The fourth-order valence-electron chi connectivity index (χ4n) is 1.86. The topological polar surface area (TPSA) is 24.1 Å². The van der Waals surface area contributed by atoms with Gasteiger partial charge in [-0.25, -0.2) is 4.39 Å². The zero-order chi connectivity index (χ0) is 15.2. The van der Waals surface area contributed by atoms with E-state index >= 15 is 0 Å². The van der Waals surface area contributed by atoms with Gasteiger partial charge in [-0.3, -0.25) is 0 Å². The van der Waals surface area contributed by atoms with E-state index in [1.165, 1.54) is 6.07 Å². The number of hydrogen-bond acceptors (Lipinski definition) is 1. The van der Waals surface area contributed by atoms with Crippen molar-refractivity contribution in [3.63, 3.8) is 0 Å². The number of halogens is 2. The number of anilines is 1. The van der Waals surface area contributed by atoms with Crippen LogP contribution in [0.1, 0.15) is 11.1 Å². The van der Waals surface area contributed by atoms with Gasteiger partial charge in [0.15, 0.2) is 5.11 Å². The van der Waals surface area contributed by atoms with Gasteiger partial charge in [0.2, 0.25) is 0 Å². The average molecular weight is 323 g/mol. The van der Waals surface area contributed by atoms with Crippen LogP contribution in [0.2, 0.25) is 5.02 Å². The van der Waals surface area contributed by atoms with E-state index < -0.39 is 0 Å². The lowest BCUT2D eigenvalue weighted by Crippen LogP contribution is -2.30. The summed E-state index contributed by atoms with van der Waals surface area (Å²) < 4.78 is 13.5. The van der Waals surface area contributed by atoms with Gasteiger partial charge in [0.1, 0.15) is 5.82 Å². The lowest BCUT2D eigenvalue weighted by atomic mass is 10.1. The van der Waals surface area contributed by atoms with Crippen molar-refractivity contribution in [1.29, 1.82) is 0 Å². The van der Waals surface area contributed by atoms with Crippen molar-refractivity contribution in [3.05, 3.63) is 64.4 Å². The Kier molecular flexibility index (Phi) is 5.53. The number of hydrogen-bond donors (Lipinski definition) is 2. The number of rotatable bonds is 4. The van der Waals surface area contributed by atoms with Crippen LogP contribution in [0.15, 0.2) is 42.5 Å². The molecule has 0 fully saturated rings. The maximum atomic E-state index is 13.5. The Bertz CT molecular complexity index is 646. The molecular weight excluding hydrogens is 307 g/mol. The van der Waals surface area contributed by atoms with Crippen LogP contribution >= 0.6 is 23.8 Å². The highest BCUT2D eigenvalue weighted by Crippen LogP contribution is 2.19. The molecule has 2 rings (SSSR count). The molecule has 0 spiro atoms. The van der Waals surface area contributed by atoms with Gasteiger partial charge in [-0.1, -0.05) is 35.9 Å². The lowest BCUT2D eigenvalue weighted by molar-refractivity contribution is 0.607. The molecule has 2 aromatic rings. The van der Waals surface area contributed by atoms with Gasteiger partial charge in [0, 0.05) is 17.3 Å². The Morgan fingerprint density at radius 3 is 2.71 bits per heavy atom. The van der Waals surface area contributed by atoms with Gasteiger partial charge < -0.3 is 10.6 Å². The molecule has 5 heteroatoms. The van der Waals surface area contributed by atoms with Crippen LogP contribution in [0.3, 0.4) is 0 Å². The summed E-state index contributed by atoms with van der Waals surface area (Å²) >= 11 is 11.3. The van der Waals surface area contributed by atoms with Crippen LogP contribution in [0.5, 0.6) is 0 Å². The largest absolute Gasteiger partial charge is 0.362 e. The van der Waals surface area contributed by atoms with Crippen LogP contribution in [-0.4, -0.2) is 11.7 Å². The van der Waals surface area contributed by atoms with Gasteiger partial charge in [0.25, 0.3) is 0 Å². The first-order valence-electron chi connectivity index (χ1n) is 6.60. The molecule has 110 valence electrons. The standard InChI is InChI=1S/C16H16ClFN2S/c1-11-6-7-13(10-14(11)17)20-16(21)19-9-8-12-4-2-3-5-15(12)18/h2-7,10H,8-9H2,1H3,(H2,19,20,21). The monoisotopic (exact) mass is 322 g/mol. The van der Waals surface area contributed by atoms with E-state index in [1.807, 2.05) is 31.2 Å². The molecule has 0 unspecified atom stereocenters. The van der Waals surface area contributed by atoms with Crippen molar-refractivity contribution >= 4 is 34.6 Å². The minimum Gasteiger partial charge on any atom is -0.362 e. The summed E-state index contributed by atoms with van der Waals surface area (Å²) in [5.74, 6) is -0.191. The normalized spacial score (nSPS) is 10.2. The number of aryl methyl sites for hydroxylation is 1. The summed E-state index contributed by atoms with van der Waals surface area (Å²) in [4.78, 5) is 0. The average Bonchev–Trinajstić information content (AvgIpc) is 2.45. The van der Waals surface area contributed by atoms with E-state index in [4.69, 9.17) is 23.8 Å². The molecule has 0 saturated carbocycles. The van der Waals surface area contributed by atoms with E-state index in [0.717, 1.165) is 11.3 Å². The van der Waals surface area contributed by atoms with Crippen LogP contribution in [-0.2, 0) is 6.42 Å². The second kappa shape index (κ2) is 7.38. The van der Waals surface area contributed by atoms with E-state index in [-0.39, 0.29) is 5.82 Å². The van der Waals surface area contributed by atoms with Crippen LogP contribution in [0, 0.1) is 12.7 Å². The summed E-state index contributed by atoms with van der Waals surface area (Å²) in [7, 11) is 0. The molecule has 21 heavy (non-hydrogen) atoms. The van der Waals surface area contributed by atoms with E-state index in [9.17, 15) is 4.39 Å². The van der Waals surface area contributed by atoms with Crippen LogP contribution in [0.4, 0.5) is 10.1 Å². The minimum absolute atomic E-state index is 0.191. The minimum atomic E-state index is -0.191. The van der Waals surface area contributed by atoms with Crippen molar-refractivity contribution in [2.45, 2.75) is 13.3 Å². The van der Waals surface area contributed by atoms with E-state index in [0.29, 0.717) is 28.7 Å². The number of nitrogens with one attached hydrogen (secondary N) is 2. The molecule has 0 atom stereocenters. The molecular formula is C16H16ClFN2S. The molecule has 0 amide bonds. The fourth-order valence-corrected chi connectivity index (χ4v) is 2.26. The predicted molar refractivity (Wildman–Crippen MR) is 90.5 cm³/mol. The van der Waals surface area contributed by atoms with Crippen molar-refractivity contribution in [2.24, 2.45) is 0 Å². The van der Waals surface area contributed by atoms with Crippen molar-refractivity contribution in [2.75, 3.05) is 11.9 Å². The molecule has 0 saturated heterocycles. The van der Waals surface area contributed by atoms with Gasteiger partial charge in [-0.2, -0.15) is 0 Å². The molecule has 0 heterocycles. The third kappa shape index (κ3) is 4.69. The Hall–Kier alpha value is -1.65. The van der Waals surface area contributed by atoms with Crippen molar-refractivity contribution < 1.29 is 4.39 Å². The quantitative estimate of drug-likeness (QED) is 0.820. The number of benzene rings is 2. The lowest BCUT2D eigenvalue weighted by Gasteiger charge is -2.11. The smallest absolute Gasteiger partial charge is 0.170 e. The van der Waals surface area contributed by atoms with Crippen molar-refractivity contribution in [3.8, 4) is 0 Å². The molecule has 2 N–H and O–H groups in total. The Labute approximate surface area is 134 Å². The number of thiocarbonyl (C=S) groups is 1. The Balaban J connectivity index is 1.82. The fraction of sp³-hybridized carbons (Fsp3) is 0.188. The second-order valence-corrected chi connectivity index (χ2v) is 5.50. The van der Waals surface area contributed by atoms with Gasteiger partial charge in [-0.15, -0.1) is 0 Å². The summed E-state index contributed by atoms with van der Waals surface area (Å²) in [6, 6.07) is 12.4. The first-order chi connectivity index (χ1) is 10.1. The summed E-state index contributed by atoms with van der Waals surface area (Å²) in [5, 5.41) is 7.29. The molecule has 0 bridgehead atoms. The summed E-state index contributed by atoms with van der Waals surface area (Å²) in [6.45, 7) is 2.50. The third-order valence-electron chi connectivity index (χ3n) is 3.07. The van der Waals surface area contributed by atoms with Gasteiger partial charge in [-0.05, 0) is 54.9 Å². The molecule has 2 nitrogen and oxygen atoms in total. The van der Waals surface area contributed by atoms with E-state index in [1.54, 1.807) is 12.1 Å². The summed E-state index contributed by atoms with van der Waals surface area (Å²) in [5.41, 5.74) is 2.51. The summed E-state index contributed by atoms with van der Waals surface area (Å²) in [6.07, 6.45) is 0.573. The molecule has 0 aliphatic rings. The molecule has 0 aliphatic heterocycles. The van der Waals surface area contributed by atoms with Crippen LogP contribution in [0.25, 0.3) is 0 Å². The second-order valence-electron chi connectivity index (χ2n) is 4.69. The zero-order valence-corrected chi connectivity index (χ0v) is 13.2. The molecule has 0 radical (unpaired) electrons. The SMILES string of the molecule is Cc1ccc(NC(=S)NCCc2ccccc2F)cc1Cl. The Morgan fingerprint density at radius 2 is 2.00 bits per heavy atom.